The molecule has 0 radical (unpaired) electrons. The number of aromatic amines is 1. The molecule has 1 aliphatic rings. The summed E-state index contributed by atoms with van der Waals surface area (Å²) in [6, 6.07) is -0.0244. The molecule has 2 unspecified atom stereocenters. The van der Waals surface area contributed by atoms with E-state index in [1.165, 1.54) is 6.42 Å². The molecule has 5 heteroatoms. The Morgan fingerprint density at radius 3 is 3.11 bits per heavy atom. The van der Waals surface area contributed by atoms with Crippen molar-refractivity contribution in [3.8, 4) is 0 Å². The Hall–Kier alpha value is -1.36. The van der Waals surface area contributed by atoms with E-state index in [9.17, 15) is 4.79 Å². The predicted octanol–water partition coefficient (Wildman–Crippen LogP) is 1.15. The minimum atomic E-state index is -0.0244. The third-order valence-corrected chi connectivity index (χ3v) is 3.71. The Bertz CT molecular complexity index is 376. The van der Waals surface area contributed by atoms with Gasteiger partial charge in [-0.25, -0.2) is 4.98 Å². The van der Waals surface area contributed by atoms with Crippen LogP contribution in [0.1, 0.15) is 32.0 Å². The van der Waals surface area contributed by atoms with Crippen molar-refractivity contribution in [3.63, 3.8) is 0 Å². The number of nitrogens with zero attached hydrogens (tertiary/aromatic N) is 2. The van der Waals surface area contributed by atoms with Crippen molar-refractivity contribution in [1.29, 1.82) is 0 Å². The van der Waals surface area contributed by atoms with E-state index in [1.54, 1.807) is 17.3 Å². The zero-order valence-corrected chi connectivity index (χ0v) is 11.1. The van der Waals surface area contributed by atoms with E-state index in [2.05, 4.69) is 22.2 Å². The maximum absolute atomic E-state index is 12.3. The van der Waals surface area contributed by atoms with Crippen molar-refractivity contribution in [1.82, 2.24) is 20.2 Å². The van der Waals surface area contributed by atoms with Gasteiger partial charge in [0.25, 0.3) is 0 Å². The van der Waals surface area contributed by atoms with Gasteiger partial charge in [-0.15, -0.1) is 0 Å². The summed E-state index contributed by atoms with van der Waals surface area (Å²) in [5.41, 5.74) is 0. The zero-order valence-electron chi connectivity index (χ0n) is 11.1. The van der Waals surface area contributed by atoms with Crippen LogP contribution >= 0.6 is 0 Å². The number of imidazole rings is 1. The highest BCUT2D eigenvalue weighted by molar-refractivity contribution is 5.81. The molecule has 0 saturated carbocycles. The molecule has 0 spiro atoms. The number of amides is 1. The van der Waals surface area contributed by atoms with E-state index in [1.807, 2.05) is 7.05 Å². The molecule has 0 bridgehead atoms. The number of hydrogen-bond donors (Lipinski definition) is 2. The summed E-state index contributed by atoms with van der Waals surface area (Å²) in [7, 11) is 1.84. The van der Waals surface area contributed by atoms with Gasteiger partial charge >= 0.3 is 0 Å². The Morgan fingerprint density at radius 1 is 1.61 bits per heavy atom. The largest absolute Gasteiger partial charge is 0.347 e. The lowest BCUT2D eigenvalue weighted by molar-refractivity contribution is -0.133. The second kappa shape index (κ2) is 6.00. The molecular formula is C13H22N4O. The normalized spacial score (nSPS) is 23.9. The van der Waals surface area contributed by atoms with Crippen molar-refractivity contribution < 1.29 is 4.79 Å². The molecule has 0 aliphatic carbocycles. The van der Waals surface area contributed by atoms with Crippen molar-refractivity contribution >= 4 is 5.91 Å². The van der Waals surface area contributed by atoms with Crippen LogP contribution in [0.25, 0.3) is 0 Å². The number of rotatable bonds is 4. The summed E-state index contributed by atoms with van der Waals surface area (Å²) in [4.78, 5) is 21.2. The molecule has 1 aromatic rings. The van der Waals surface area contributed by atoms with Gasteiger partial charge in [-0.05, 0) is 25.3 Å². The van der Waals surface area contributed by atoms with Gasteiger partial charge in [0.05, 0.1) is 12.6 Å². The van der Waals surface area contributed by atoms with Crippen LogP contribution in [0.2, 0.25) is 0 Å². The van der Waals surface area contributed by atoms with Crippen LogP contribution in [0, 0.1) is 5.92 Å². The lowest BCUT2D eigenvalue weighted by Crippen LogP contribution is -2.49. The summed E-state index contributed by atoms with van der Waals surface area (Å²) in [5, 5.41) is 3.32. The van der Waals surface area contributed by atoms with Gasteiger partial charge < -0.3 is 15.2 Å². The minimum absolute atomic E-state index is 0.0244. The third-order valence-electron chi connectivity index (χ3n) is 3.71. The molecule has 100 valence electrons. The number of piperidine rings is 1. The SMILES string of the molecule is CCC1CCNC(C(=O)N(C)Cc2ncc[nH]2)C1. The Labute approximate surface area is 108 Å². The third kappa shape index (κ3) is 3.10. The molecule has 2 atom stereocenters. The maximum atomic E-state index is 12.3. The van der Waals surface area contributed by atoms with Crippen molar-refractivity contribution in [3.05, 3.63) is 18.2 Å². The summed E-state index contributed by atoms with van der Waals surface area (Å²) < 4.78 is 0. The average Bonchev–Trinajstić information content (AvgIpc) is 2.90. The molecule has 1 saturated heterocycles. The Morgan fingerprint density at radius 2 is 2.44 bits per heavy atom. The van der Waals surface area contributed by atoms with E-state index in [4.69, 9.17) is 0 Å². The molecule has 0 aromatic carbocycles. The fourth-order valence-electron chi connectivity index (χ4n) is 2.51. The predicted molar refractivity (Wildman–Crippen MR) is 69.9 cm³/mol. The van der Waals surface area contributed by atoms with Crippen LogP contribution < -0.4 is 5.32 Å². The average molecular weight is 250 g/mol. The molecule has 2 rings (SSSR count). The molecule has 1 aliphatic heterocycles. The first-order valence-corrected chi connectivity index (χ1v) is 6.67. The van der Waals surface area contributed by atoms with Crippen LogP contribution in [0.15, 0.2) is 12.4 Å². The molecule has 2 heterocycles. The lowest BCUT2D eigenvalue weighted by Gasteiger charge is -2.31. The summed E-state index contributed by atoms with van der Waals surface area (Å²) in [5.74, 6) is 1.68. The van der Waals surface area contributed by atoms with Crippen LogP contribution in [0.3, 0.4) is 0 Å². The number of H-pyrrole nitrogens is 1. The Kier molecular flexibility index (Phi) is 4.36. The highest BCUT2D eigenvalue weighted by Gasteiger charge is 2.28. The highest BCUT2D eigenvalue weighted by Crippen LogP contribution is 2.20. The first kappa shape index (κ1) is 13.1. The lowest BCUT2D eigenvalue weighted by atomic mass is 9.90. The van der Waals surface area contributed by atoms with Crippen LogP contribution in [-0.4, -0.2) is 40.4 Å². The van der Waals surface area contributed by atoms with Gasteiger partial charge in [-0.3, -0.25) is 4.79 Å². The van der Waals surface area contributed by atoms with Crippen LogP contribution in [0.4, 0.5) is 0 Å². The summed E-state index contributed by atoms with van der Waals surface area (Å²) >= 11 is 0. The van der Waals surface area contributed by atoms with Gasteiger partial charge in [-0.2, -0.15) is 0 Å². The number of nitrogens with one attached hydrogen (secondary N) is 2. The van der Waals surface area contributed by atoms with E-state index >= 15 is 0 Å². The van der Waals surface area contributed by atoms with Gasteiger partial charge in [0.2, 0.25) is 5.91 Å². The number of carbonyl (C=O) groups is 1. The first-order valence-electron chi connectivity index (χ1n) is 6.67. The van der Waals surface area contributed by atoms with E-state index in [0.29, 0.717) is 12.5 Å². The summed E-state index contributed by atoms with van der Waals surface area (Å²) in [6.07, 6.45) is 6.78. The minimum Gasteiger partial charge on any atom is -0.347 e. The van der Waals surface area contributed by atoms with Crippen molar-refractivity contribution in [2.75, 3.05) is 13.6 Å². The maximum Gasteiger partial charge on any atom is 0.239 e. The molecule has 5 nitrogen and oxygen atoms in total. The van der Waals surface area contributed by atoms with Gasteiger partial charge in [0.1, 0.15) is 5.82 Å². The standard InChI is InChI=1S/C13H22N4O/c1-3-10-4-5-14-11(8-10)13(18)17(2)9-12-15-6-7-16-12/h6-7,10-11,14H,3-5,8-9H2,1-2H3,(H,15,16). The number of carbonyl (C=O) groups excluding carboxylic acids is 1. The monoisotopic (exact) mass is 250 g/mol. The second-order valence-electron chi connectivity index (χ2n) is 5.04. The topological polar surface area (TPSA) is 61.0 Å². The molecule has 1 fully saturated rings. The van der Waals surface area contributed by atoms with E-state index in [0.717, 1.165) is 25.2 Å². The second-order valence-corrected chi connectivity index (χ2v) is 5.04. The van der Waals surface area contributed by atoms with Gasteiger partial charge in [0, 0.05) is 19.4 Å². The van der Waals surface area contributed by atoms with E-state index < -0.39 is 0 Å². The number of likely N-dealkylation sites (N-methyl/N-ethyl adjacent to an activating group) is 1. The molecular weight excluding hydrogens is 228 g/mol. The number of hydrogen-bond acceptors (Lipinski definition) is 3. The van der Waals surface area contributed by atoms with E-state index in [-0.39, 0.29) is 11.9 Å². The number of aromatic nitrogens is 2. The van der Waals surface area contributed by atoms with Crippen molar-refractivity contribution in [2.45, 2.75) is 38.8 Å². The van der Waals surface area contributed by atoms with Gasteiger partial charge in [0.15, 0.2) is 0 Å². The quantitative estimate of drug-likeness (QED) is 0.842. The Balaban J connectivity index is 1.89. The van der Waals surface area contributed by atoms with Crippen LogP contribution in [-0.2, 0) is 11.3 Å². The molecule has 1 amide bonds. The van der Waals surface area contributed by atoms with Crippen molar-refractivity contribution in [2.24, 2.45) is 5.92 Å². The summed E-state index contributed by atoms with van der Waals surface area (Å²) in [6.45, 7) is 3.69. The van der Waals surface area contributed by atoms with Crippen LogP contribution in [0.5, 0.6) is 0 Å². The molecule has 2 N–H and O–H groups in total. The van der Waals surface area contributed by atoms with Gasteiger partial charge in [-0.1, -0.05) is 13.3 Å². The smallest absolute Gasteiger partial charge is 0.239 e. The first-order chi connectivity index (χ1) is 8.70. The zero-order chi connectivity index (χ0) is 13.0. The molecule has 18 heavy (non-hydrogen) atoms. The molecule has 1 aromatic heterocycles. The highest BCUT2D eigenvalue weighted by atomic mass is 16.2. The fourth-order valence-corrected chi connectivity index (χ4v) is 2.51. The fraction of sp³-hybridized carbons (Fsp3) is 0.692.